The standard InChI is InChI=1S/C9H14NO9P.2Na/c1-2-5(12)10-6-8(14)7(13)4(3-11)18-9(6)19-20(15,16)17;;/h1,4,6-9,11,13-14H,3H2,(H,10,12)(H2,15,16,17);;/q;2*+1/p-2/t4-,6-,7+,8-,9-;;/m1../s1. The predicted octanol–water partition coefficient (Wildman–Crippen LogP) is -10.3. The van der Waals surface area contributed by atoms with Crippen LogP contribution in [0.5, 0.6) is 0 Å². The van der Waals surface area contributed by atoms with Gasteiger partial charge in [0.2, 0.25) is 0 Å². The average molecular weight is 355 g/mol. The summed E-state index contributed by atoms with van der Waals surface area (Å²) in [7, 11) is -5.28. The van der Waals surface area contributed by atoms with Crippen molar-refractivity contribution in [2.45, 2.75) is 30.6 Å². The number of phosphoric ester groups is 1. The van der Waals surface area contributed by atoms with E-state index in [4.69, 9.17) is 21.2 Å². The summed E-state index contributed by atoms with van der Waals surface area (Å²) in [5.41, 5.74) is 0. The van der Waals surface area contributed by atoms with Crippen molar-refractivity contribution in [3.05, 3.63) is 0 Å². The zero-order chi connectivity index (χ0) is 15.5. The molecule has 13 heteroatoms. The molecule has 0 aromatic carbocycles. The minimum Gasteiger partial charge on any atom is -0.853 e. The molecule has 0 aromatic rings. The van der Waals surface area contributed by atoms with Gasteiger partial charge in [-0.25, -0.2) is 0 Å². The summed E-state index contributed by atoms with van der Waals surface area (Å²) in [6.07, 6.45) is -2.00. The first kappa shape index (κ1) is 25.2. The summed E-state index contributed by atoms with van der Waals surface area (Å²) in [5.74, 6) is 0.435. The van der Waals surface area contributed by atoms with Gasteiger partial charge in [0.15, 0.2) is 6.29 Å². The molecule has 0 saturated carbocycles. The van der Waals surface area contributed by atoms with Crippen molar-refractivity contribution in [3.8, 4) is 12.3 Å². The monoisotopic (exact) mass is 355 g/mol. The number of aliphatic hydroxyl groups is 3. The van der Waals surface area contributed by atoms with Crippen LogP contribution in [0.4, 0.5) is 0 Å². The van der Waals surface area contributed by atoms with Gasteiger partial charge < -0.3 is 34.9 Å². The number of terminal acetylenes is 1. The molecule has 1 aliphatic heterocycles. The van der Waals surface area contributed by atoms with Gasteiger partial charge in [0.25, 0.3) is 7.82 Å². The average Bonchev–Trinajstić information content (AvgIpc) is 2.36. The third kappa shape index (κ3) is 7.25. The molecule has 0 aromatic heterocycles. The molecule has 1 saturated heterocycles. The minimum absolute atomic E-state index is 0. The van der Waals surface area contributed by atoms with E-state index in [2.05, 4.69) is 9.52 Å². The SMILES string of the molecule is C#CC([O-])=N[C@H]1[C@@H](OP(=O)([O-])O)O[C@H](CO)[C@H](O)[C@@H]1O.[Na+].[Na+]. The number of phosphoric acid groups is 1. The van der Waals surface area contributed by atoms with Gasteiger partial charge in [-0.3, -0.25) is 14.1 Å². The summed E-state index contributed by atoms with van der Waals surface area (Å²) < 4.78 is 19.6. The summed E-state index contributed by atoms with van der Waals surface area (Å²) >= 11 is 0. The van der Waals surface area contributed by atoms with E-state index in [0.717, 1.165) is 0 Å². The Morgan fingerprint density at radius 2 is 1.95 bits per heavy atom. The quantitative estimate of drug-likeness (QED) is 0.125. The van der Waals surface area contributed by atoms with Gasteiger partial charge in [0.1, 0.15) is 24.4 Å². The molecule has 1 aliphatic rings. The Kier molecular flexibility index (Phi) is 12.3. The summed E-state index contributed by atoms with van der Waals surface area (Å²) in [6.45, 7) is -0.775. The van der Waals surface area contributed by atoms with E-state index in [1.54, 1.807) is 5.92 Å². The summed E-state index contributed by atoms with van der Waals surface area (Å²) in [4.78, 5) is 22.5. The van der Waals surface area contributed by atoms with Crippen LogP contribution in [0.2, 0.25) is 0 Å². The fraction of sp³-hybridized carbons (Fsp3) is 0.667. The molecule has 0 aliphatic carbocycles. The second kappa shape index (κ2) is 10.8. The molecule has 1 fully saturated rings. The zero-order valence-electron chi connectivity index (χ0n) is 11.9. The van der Waals surface area contributed by atoms with Crippen LogP contribution < -0.4 is 69.1 Å². The fourth-order valence-electron chi connectivity index (χ4n) is 1.60. The molecule has 4 N–H and O–H groups in total. The van der Waals surface area contributed by atoms with E-state index in [-0.39, 0.29) is 59.1 Å². The molecule has 0 bridgehead atoms. The van der Waals surface area contributed by atoms with Crippen molar-refractivity contribution >= 4 is 13.7 Å². The molecule has 1 rings (SSSR count). The van der Waals surface area contributed by atoms with Crippen molar-refractivity contribution in [1.82, 2.24) is 0 Å². The molecule has 1 heterocycles. The molecule has 10 nitrogen and oxygen atoms in total. The zero-order valence-corrected chi connectivity index (χ0v) is 16.8. The van der Waals surface area contributed by atoms with E-state index >= 15 is 0 Å². The van der Waals surface area contributed by atoms with Crippen molar-refractivity contribution in [3.63, 3.8) is 0 Å². The Bertz CT molecular complexity index is 464. The van der Waals surface area contributed by atoms with E-state index in [9.17, 15) is 24.8 Å². The normalized spacial score (nSPS) is 34.5. The van der Waals surface area contributed by atoms with Gasteiger partial charge in [-0.1, -0.05) is 5.92 Å². The third-order valence-corrected chi connectivity index (χ3v) is 2.95. The van der Waals surface area contributed by atoms with Crippen molar-refractivity contribution in [2.75, 3.05) is 6.61 Å². The molecule has 1 unspecified atom stereocenters. The Balaban J connectivity index is 0. The van der Waals surface area contributed by atoms with Crippen LogP contribution in [0.15, 0.2) is 4.99 Å². The second-order valence-corrected chi connectivity index (χ2v) is 5.00. The van der Waals surface area contributed by atoms with Crippen molar-refractivity contribution in [2.24, 2.45) is 4.99 Å². The van der Waals surface area contributed by atoms with Crippen molar-refractivity contribution < 1.29 is 103 Å². The molecule has 0 radical (unpaired) electrons. The fourth-order valence-corrected chi connectivity index (χ4v) is 2.03. The minimum atomic E-state index is -5.28. The van der Waals surface area contributed by atoms with E-state index < -0.39 is 51.0 Å². The Morgan fingerprint density at radius 1 is 1.41 bits per heavy atom. The van der Waals surface area contributed by atoms with Gasteiger partial charge in [-0.15, -0.1) is 6.42 Å². The largest absolute Gasteiger partial charge is 1.00 e. The van der Waals surface area contributed by atoms with Gasteiger partial charge in [0, 0.05) is 5.90 Å². The molecular weight excluding hydrogens is 343 g/mol. The summed E-state index contributed by atoms with van der Waals surface area (Å²) in [6, 6.07) is -1.69. The van der Waals surface area contributed by atoms with E-state index in [1.165, 1.54) is 0 Å². The number of ether oxygens (including phenoxy) is 1. The molecule has 6 atom stereocenters. The van der Waals surface area contributed by atoms with Crippen LogP contribution in [0.1, 0.15) is 0 Å². The number of aliphatic hydroxyl groups excluding tert-OH is 3. The number of aliphatic imine (C=N–C) groups is 1. The number of hydrogen-bond donors (Lipinski definition) is 4. The molecule has 0 amide bonds. The number of hydrogen-bond acceptors (Lipinski definition) is 9. The molecular formula is C9H12NNa2O9P. The second-order valence-electron chi connectivity index (χ2n) is 3.85. The maximum Gasteiger partial charge on any atom is 1.00 e. The first-order valence-electron chi connectivity index (χ1n) is 5.25. The topological polar surface area (TPSA) is 175 Å². The molecule has 0 spiro atoms. The van der Waals surface area contributed by atoms with E-state index in [1.807, 2.05) is 0 Å². The molecule has 22 heavy (non-hydrogen) atoms. The van der Waals surface area contributed by atoms with Gasteiger partial charge in [-0.05, 0) is 0 Å². The van der Waals surface area contributed by atoms with Crippen LogP contribution in [0, 0.1) is 12.3 Å². The summed E-state index contributed by atoms with van der Waals surface area (Å²) in [5, 5.41) is 39.3. The van der Waals surface area contributed by atoms with Crippen molar-refractivity contribution in [1.29, 1.82) is 0 Å². The van der Waals surface area contributed by atoms with Crippen LogP contribution in [0.25, 0.3) is 0 Å². The Labute approximate surface area is 170 Å². The maximum absolute atomic E-state index is 11.0. The van der Waals surface area contributed by atoms with Crippen LogP contribution in [-0.2, 0) is 13.8 Å². The van der Waals surface area contributed by atoms with Gasteiger partial charge in [-0.2, -0.15) is 0 Å². The van der Waals surface area contributed by atoms with Gasteiger partial charge in [0.05, 0.1) is 6.61 Å². The van der Waals surface area contributed by atoms with Crippen LogP contribution in [0.3, 0.4) is 0 Å². The predicted molar refractivity (Wildman–Crippen MR) is 58.7 cm³/mol. The van der Waals surface area contributed by atoms with Gasteiger partial charge >= 0.3 is 59.1 Å². The number of rotatable bonds is 4. The Morgan fingerprint density at radius 3 is 2.36 bits per heavy atom. The van der Waals surface area contributed by atoms with Crippen LogP contribution in [-0.4, -0.2) is 63.4 Å². The maximum atomic E-state index is 11.0. The first-order valence-corrected chi connectivity index (χ1v) is 6.75. The smallest absolute Gasteiger partial charge is 0.853 e. The van der Waals surface area contributed by atoms with E-state index in [0.29, 0.717) is 0 Å². The molecule has 114 valence electrons. The number of nitrogens with zero attached hydrogens (tertiary/aromatic N) is 1. The third-order valence-electron chi connectivity index (χ3n) is 2.48. The Hall–Kier alpha value is 0.980. The van der Waals surface area contributed by atoms with Crippen LogP contribution >= 0.6 is 7.82 Å². The first-order chi connectivity index (χ1) is 9.19.